The smallest absolute Gasteiger partial charge is 0.322 e. The molecule has 0 heterocycles. The first-order valence-corrected chi connectivity index (χ1v) is 5.50. The molecule has 80 valence electrons. The summed E-state index contributed by atoms with van der Waals surface area (Å²) in [6.07, 6.45) is 7.54. The van der Waals surface area contributed by atoms with Crippen molar-refractivity contribution in [3.05, 3.63) is 0 Å². The Labute approximate surface area is 85.0 Å². The van der Waals surface area contributed by atoms with Crippen LogP contribution in [0.1, 0.15) is 38.5 Å². The van der Waals surface area contributed by atoms with Gasteiger partial charge in [0.15, 0.2) is 0 Å². The van der Waals surface area contributed by atoms with Crippen molar-refractivity contribution in [2.75, 3.05) is 7.11 Å². The number of rotatable bonds is 2. The molecule has 0 aromatic carbocycles. The molecule has 3 nitrogen and oxygen atoms in total. The van der Waals surface area contributed by atoms with Crippen LogP contribution >= 0.6 is 0 Å². The second-order valence-corrected chi connectivity index (χ2v) is 4.89. The summed E-state index contributed by atoms with van der Waals surface area (Å²) in [5.41, 5.74) is 6.51. The van der Waals surface area contributed by atoms with E-state index in [4.69, 9.17) is 5.73 Å². The minimum atomic E-state index is -0.393. The molecule has 0 amide bonds. The third-order valence-corrected chi connectivity index (χ3v) is 4.03. The van der Waals surface area contributed by atoms with Crippen LogP contribution in [0, 0.1) is 11.3 Å². The van der Waals surface area contributed by atoms with Crippen molar-refractivity contribution >= 4 is 5.97 Å². The highest BCUT2D eigenvalue weighted by atomic mass is 16.5. The molecule has 2 fully saturated rings. The van der Waals surface area contributed by atoms with E-state index in [-0.39, 0.29) is 5.97 Å². The zero-order valence-corrected chi connectivity index (χ0v) is 8.79. The van der Waals surface area contributed by atoms with Crippen LogP contribution in [0.3, 0.4) is 0 Å². The molecule has 2 N–H and O–H groups in total. The van der Waals surface area contributed by atoms with E-state index in [1.54, 1.807) is 0 Å². The lowest BCUT2D eigenvalue weighted by Gasteiger charge is -2.30. The topological polar surface area (TPSA) is 52.3 Å². The Morgan fingerprint density at radius 3 is 2.36 bits per heavy atom. The summed E-state index contributed by atoms with van der Waals surface area (Å²) < 4.78 is 4.67. The molecule has 0 aliphatic heterocycles. The Bertz CT molecular complexity index is 225. The summed E-state index contributed by atoms with van der Waals surface area (Å²) in [4.78, 5) is 11.2. The van der Waals surface area contributed by atoms with Gasteiger partial charge < -0.3 is 10.5 Å². The Morgan fingerprint density at radius 2 is 1.93 bits per heavy atom. The highest BCUT2D eigenvalue weighted by Crippen LogP contribution is 2.57. The second-order valence-electron chi connectivity index (χ2n) is 4.89. The molecule has 14 heavy (non-hydrogen) atoms. The SMILES string of the molecule is COC(=O)C(N)C1CCC2(CC1)CC2. The molecule has 0 radical (unpaired) electrons. The first-order valence-electron chi connectivity index (χ1n) is 5.50. The summed E-state index contributed by atoms with van der Waals surface area (Å²) in [7, 11) is 1.41. The summed E-state index contributed by atoms with van der Waals surface area (Å²) in [6.45, 7) is 0. The molecule has 1 atom stereocenters. The van der Waals surface area contributed by atoms with Crippen molar-refractivity contribution in [1.82, 2.24) is 0 Å². The summed E-state index contributed by atoms with van der Waals surface area (Å²) in [5, 5.41) is 0. The van der Waals surface area contributed by atoms with Crippen LogP contribution in [0.5, 0.6) is 0 Å². The van der Waals surface area contributed by atoms with Crippen molar-refractivity contribution in [2.45, 2.75) is 44.6 Å². The van der Waals surface area contributed by atoms with Gasteiger partial charge in [-0.15, -0.1) is 0 Å². The standard InChI is InChI=1S/C11H19NO2/c1-14-10(13)9(12)8-2-4-11(5-3-8)6-7-11/h8-9H,2-7,12H2,1H3. The number of carbonyl (C=O) groups is 1. The summed E-state index contributed by atoms with van der Waals surface area (Å²) >= 11 is 0. The third kappa shape index (κ3) is 1.78. The maximum Gasteiger partial charge on any atom is 0.322 e. The fraction of sp³-hybridized carbons (Fsp3) is 0.909. The van der Waals surface area contributed by atoms with Crippen LogP contribution < -0.4 is 5.73 Å². The highest BCUT2D eigenvalue weighted by Gasteiger charge is 2.46. The molecule has 0 saturated heterocycles. The number of hydrogen-bond donors (Lipinski definition) is 1. The lowest BCUT2D eigenvalue weighted by Crippen LogP contribution is -2.40. The number of carbonyl (C=O) groups excluding carboxylic acids is 1. The lowest BCUT2D eigenvalue weighted by molar-refractivity contribution is -0.144. The molecule has 1 spiro atoms. The zero-order chi connectivity index (χ0) is 10.2. The molecular weight excluding hydrogens is 178 g/mol. The molecule has 2 aliphatic carbocycles. The van der Waals surface area contributed by atoms with Crippen LogP contribution in [0.15, 0.2) is 0 Å². The van der Waals surface area contributed by atoms with Gasteiger partial charge in [-0.2, -0.15) is 0 Å². The normalized spacial score (nSPS) is 27.3. The molecule has 0 bridgehead atoms. The fourth-order valence-electron chi connectivity index (χ4n) is 2.62. The average molecular weight is 197 g/mol. The first kappa shape index (κ1) is 9.97. The average Bonchev–Trinajstić information content (AvgIpc) is 2.97. The van der Waals surface area contributed by atoms with Gasteiger partial charge in [0.2, 0.25) is 0 Å². The van der Waals surface area contributed by atoms with Gasteiger partial charge >= 0.3 is 5.97 Å². The predicted molar refractivity (Wildman–Crippen MR) is 53.6 cm³/mol. The fourth-order valence-corrected chi connectivity index (χ4v) is 2.62. The first-order chi connectivity index (χ1) is 6.67. The predicted octanol–water partition coefficient (Wildman–Crippen LogP) is 1.46. The van der Waals surface area contributed by atoms with Crippen LogP contribution in [0.2, 0.25) is 0 Å². The number of ether oxygens (including phenoxy) is 1. The summed E-state index contributed by atoms with van der Waals surface area (Å²) in [5.74, 6) is 0.107. The van der Waals surface area contributed by atoms with Crippen molar-refractivity contribution < 1.29 is 9.53 Å². The number of esters is 1. The van der Waals surface area contributed by atoms with Crippen LogP contribution in [0.25, 0.3) is 0 Å². The monoisotopic (exact) mass is 197 g/mol. The van der Waals surface area contributed by atoms with Gasteiger partial charge in [0.25, 0.3) is 0 Å². The summed E-state index contributed by atoms with van der Waals surface area (Å²) in [6, 6.07) is -0.393. The van der Waals surface area contributed by atoms with Crippen molar-refractivity contribution in [2.24, 2.45) is 17.1 Å². The molecule has 1 unspecified atom stereocenters. The van der Waals surface area contributed by atoms with E-state index >= 15 is 0 Å². The van der Waals surface area contributed by atoms with Crippen molar-refractivity contribution in [3.63, 3.8) is 0 Å². The lowest BCUT2D eigenvalue weighted by atomic mass is 9.77. The van der Waals surface area contributed by atoms with Gasteiger partial charge in [0.05, 0.1) is 7.11 Å². The Kier molecular flexibility index (Phi) is 2.52. The molecule has 2 rings (SSSR count). The molecular formula is C11H19NO2. The van der Waals surface area contributed by atoms with Crippen molar-refractivity contribution in [3.8, 4) is 0 Å². The van der Waals surface area contributed by atoms with Gasteiger partial charge in [-0.25, -0.2) is 0 Å². The van der Waals surface area contributed by atoms with E-state index in [0.29, 0.717) is 11.3 Å². The third-order valence-electron chi connectivity index (χ3n) is 4.03. The van der Waals surface area contributed by atoms with Gasteiger partial charge in [-0.05, 0) is 49.9 Å². The maximum absolute atomic E-state index is 11.2. The Balaban J connectivity index is 1.85. The molecule has 3 heteroatoms. The molecule has 0 aromatic heterocycles. The molecule has 2 aliphatic rings. The van der Waals surface area contributed by atoms with E-state index in [1.807, 2.05) is 0 Å². The highest BCUT2D eigenvalue weighted by molar-refractivity contribution is 5.75. The van der Waals surface area contributed by atoms with Gasteiger partial charge in [0, 0.05) is 0 Å². The van der Waals surface area contributed by atoms with Crippen LogP contribution in [-0.2, 0) is 9.53 Å². The molecule has 0 aromatic rings. The minimum Gasteiger partial charge on any atom is -0.468 e. The van der Waals surface area contributed by atoms with Gasteiger partial charge in [0.1, 0.15) is 6.04 Å². The number of hydrogen-bond acceptors (Lipinski definition) is 3. The number of methoxy groups -OCH3 is 1. The van der Waals surface area contributed by atoms with Crippen molar-refractivity contribution in [1.29, 1.82) is 0 Å². The van der Waals surface area contributed by atoms with Gasteiger partial charge in [-0.1, -0.05) is 0 Å². The van der Waals surface area contributed by atoms with E-state index in [9.17, 15) is 4.79 Å². The van der Waals surface area contributed by atoms with E-state index in [0.717, 1.165) is 12.8 Å². The van der Waals surface area contributed by atoms with E-state index < -0.39 is 6.04 Å². The second kappa shape index (κ2) is 3.54. The van der Waals surface area contributed by atoms with E-state index in [1.165, 1.54) is 32.8 Å². The van der Waals surface area contributed by atoms with Gasteiger partial charge in [-0.3, -0.25) is 4.79 Å². The molecule has 2 saturated carbocycles. The Morgan fingerprint density at radius 1 is 1.36 bits per heavy atom. The van der Waals surface area contributed by atoms with Crippen LogP contribution in [-0.4, -0.2) is 19.1 Å². The minimum absolute atomic E-state index is 0.248. The van der Waals surface area contributed by atoms with Crippen LogP contribution in [0.4, 0.5) is 0 Å². The largest absolute Gasteiger partial charge is 0.468 e. The van der Waals surface area contributed by atoms with E-state index in [2.05, 4.69) is 4.74 Å². The quantitative estimate of drug-likeness (QED) is 0.682. The number of nitrogens with two attached hydrogens (primary N) is 1. The maximum atomic E-state index is 11.2. The Hall–Kier alpha value is -0.570. The zero-order valence-electron chi connectivity index (χ0n) is 8.79.